The van der Waals surface area contributed by atoms with E-state index in [1.807, 2.05) is 0 Å². The predicted octanol–water partition coefficient (Wildman–Crippen LogP) is 23.2. The van der Waals surface area contributed by atoms with E-state index in [1.54, 1.807) is 78.0 Å². The first-order valence-corrected chi connectivity index (χ1v) is 33.4. The van der Waals surface area contributed by atoms with Crippen LogP contribution in [0, 0.1) is 45.8 Å². The van der Waals surface area contributed by atoms with Gasteiger partial charge >= 0.3 is 0 Å². The van der Waals surface area contributed by atoms with Gasteiger partial charge in [-0.05, 0) is 259 Å². The Morgan fingerprint density at radius 1 is 0.440 bits per heavy atom. The van der Waals surface area contributed by atoms with Gasteiger partial charge in [0.25, 0.3) is 0 Å². The van der Waals surface area contributed by atoms with Crippen molar-refractivity contribution in [1.82, 2.24) is 0 Å². The van der Waals surface area contributed by atoms with Gasteiger partial charge in [0.2, 0.25) is 0 Å². The second-order valence-corrected chi connectivity index (χ2v) is 31.8. The summed E-state index contributed by atoms with van der Waals surface area (Å²) < 4.78 is 0. The Hall–Kier alpha value is -5.98. The largest absolute Gasteiger partial charge is 0.0839 e. The highest BCUT2D eigenvalue weighted by Gasteiger charge is 2.48. The lowest BCUT2D eigenvalue weighted by atomic mass is 9.55. The summed E-state index contributed by atoms with van der Waals surface area (Å²) in [6.07, 6.45) is 60.7. The normalized spacial score (nSPS) is 28.4. The van der Waals surface area contributed by atoms with Gasteiger partial charge in [-0.3, -0.25) is 0 Å². The third kappa shape index (κ3) is 9.89. The van der Waals surface area contributed by atoms with Gasteiger partial charge in [-0.25, -0.2) is 0 Å². The summed E-state index contributed by atoms with van der Waals surface area (Å²) in [6, 6.07) is 15.4. The van der Waals surface area contributed by atoms with Crippen LogP contribution in [-0.4, -0.2) is 0 Å². The summed E-state index contributed by atoms with van der Waals surface area (Å²) in [4.78, 5) is 0. The standard InChI is InChI=1S/C84H96/c1-81(2,3)57-35-31-55-39-59(83(7,8)9)45-73(67(55)43-57)76-49-78-66-38-34-54(42-72(66)80(50-77(78)64-30-22-21-29-63(64)76)74-46-60(84(10,11)12)40-56-32-36-58(44-68(56)74)82(4,5)6)53-33-37-65-70(52-25-17-14-18-26-52)47-75-62-28-20-19-27-61(62)69(48-79(75)71(65)41-53)51-23-15-13-16-24-51/h15,17,20-26,28,30-31,33,35,37,39-44,47-48,63,73-76,79-80H,13-14,16,18-19,27,29,32,34,36,38,45-46,49-50H2,1-12H3. The molecule has 0 heterocycles. The van der Waals surface area contributed by atoms with Crippen molar-refractivity contribution < 1.29 is 0 Å². The van der Waals surface area contributed by atoms with Crippen molar-refractivity contribution in [2.75, 3.05) is 0 Å². The monoisotopic (exact) mass is 1100 g/mol. The Bertz CT molecular complexity index is 3720. The minimum Gasteiger partial charge on any atom is -0.0839 e. The van der Waals surface area contributed by atoms with Crippen LogP contribution in [0.5, 0.6) is 0 Å². The highest BCUT2D eigenvalue weighted by molar-refractivity contribution is 5.88. The summed E-state index contributed by atoms with van der Waals surface area (Å²) in [5.41, 5.74) is 36.7. The van der Waals surface area contributed by atoms with Gasteiger partial charge in [0.15, 0.2) is 0 Å². The zero-order chi connectivity index (χ0) is 58.2. The van der Waals surface area contributed by atoms with Crippen LogP contribution in [0.15, 0.2) is 217 Å². The van der Waals surface area contributed by atoms with E-state index in [9.17, 15) is 0 Å². The van der Waals surface area contributed by atoms with Crippen LogP contribution in [0.25, 0.3) is 17.2 Å². The molecule has 0 nitrogen and oxygen atoms in total. The van der Waals surface area contributed by atoms with Crippen LogP contribution in [0.4, 0.5) is 0 Å². The Morgan fingerprint density at radius 3 is 1.87 bits per heavy atom. The number of rotatable bonds is 5. The SMILES string of the molecule is CC(C)(C)C1=CC2=C(C=C(C(C)(C)C)CC2C2CC3=C(CC(C4CC(C(C)(C)C)=Cc5ccc(C(C)(C)C)cc54)C4CC=CC=C34)C3=C2C=C(c2ccc4c(c2)C2C=C(C5=CCCC=C5)C5=C(C=CCC5)C2C=C4C2=CCCC=C2)CC3)CC1. The summed E-state index contributed by atoms with van der Waals surface area (Å²) in [5, 5.41) is 0. The zero-order valence-corrected chi connectivity index (χ0v) is 53.4. The van der Waals surface area contributed by atoms with E-state index in [2.05, 4.69) is 223 Å². The molecule has 432 valence electrons. The van der Waals surface area contributed by atoms with Gasteiger partial charge in [0, 0.05) is 11.8 Å². The zero-order valence-electron chi connectivity index (χ0n) is 53.4. The fourth-order valence-corrected chi connectivity index (χ4v) is 17.7. The van der Waals surface area contributed by atoms with E-state index in [0.717, 1.165) is 83.5 Å². The number of benzene rings is 2. The molecule has 84 heavy (non-hydrogen) atoms. The van der Waals surface area contributed by atoms with Crippen molar-refractivity contribution >= 4 is 17.2 Å². The number of allylic oxidation sites excluding steroid dienone is 33. The van der Waals surface area contributed by atoms with Gasteiger partial charge in [-0.15, -0.1) is 0 Å². The molecule has 0 aliphatic heterocycles. The van der Waals surface area contributed by atoms with E-state index in [0.29, 0.717) is 35.5 Å². The van der Waals surface area contributed by atoms with Crippen LogP contribution in [0.3, 0.4) is 0 Å². The third-order valence-corrected chi connectivity index (χ3v) is 22.6. The Labute approximate surface area is 507 Å². The fraction of sp³-hybridized carbons (Fsp3) is 0.452. The average Bonchev–Trinajstić information content (AvgIpc) is 2.09. The van der Waals surface area contributed by atoms with Crippen molar-refractivity contribution in [2.45, 2.75) is 197 Å². The lowest BCUT2D eigenvalue weighted by molar-refractivity contribution is 0.279. The maximum absolute atomic E-state index is 2.84. The van der Waals surface area contributed by atoms with Gasteiger partial charge in [0.1, 0.15) is 0 Å². The second-order valence-electron chi connectivity index (χ2n) is 31.8. The first-order valence-electron chi connectivity index (χ1n) is 33.4. The second kappa shape index (κ2) is 20.9. The van der Waals surface area contributed by atoms with E-state index >= 15 is 0 Å². The first kappa shape index (κ1) is 55.9. The summed E-state index contributed by atoms with van der Waals surface area (Å²) in [5.74, 6) is 2.94. The molecular weight excluding hydrogens is 1010 g/mol. The van der Waals surface area contributed by atoms with E-state index in [1.165, 1.54) is 63.0 Å². The number of hydrogen-bond donors (Lipinski definition) is 0. The van der Waals surface area contributed by atoms with Crippen LogP contribution < -0.4 is 0 Å². The van der Waals surface area contributed by atoms with Crippen LogP contribution in [0.2, 0.25) is 0 Å². The maximum Gasteiger partial charge on any atom is 0.0138 e. The lowest BCUT2D eigenvalue weighted by Gasteiger charge is -2.49. The molecular formula is C84H96. The van der Waals surface area contributed by atoms with Crippen molar-refractivity contribution in [3.05, 3.63) is 251 Å². The topological polar surface area (TPSA) is 0 Å². The molecule has 0 radical (unpaired) electrons. The van der Waals surface area contributed by atoms with Gasteiger partial charge < -0.3 is 0 Å². The molecule has 14 rings (SSSR count). The molecule has 12 aliphatic carbocycles. The van der Waals surface area contributed by atoms with E-state index in [4.69, 9.17) is 0 Å². The molecule has 7 atom stereocenters. The van der Waals surface area contributed by atoms with Crippen LogP contribution in [0.1, 0.15) is 225 Å². The molecule has 2 aromatic carbocycles. The molecule has 0 aromatic heterocycles. The molecule has 0 fully saturated rings. The summed E-state index contributed by atoms with van der Waals surface area (Å²) in [7, 11) is 0. The molecule has 0 saturated heterocycles. The quantitative estimate of drug-likeness (QED) is 0.280. The van der Waals surface area contributed by atoms with Crippen molar-refractivity contribution in [1.29, 1.82) is 0 Å². The van der Waals surface area contributed by atoms with Crippen LogP contribution >= 0.6 is 0 Å². The predicted molar refractivity (Wildman–Crippen MR) is 359 cm³/mol. The molecule has 12 aliphatic rings. The first-order chi connectivity index (χ1) is 40.2. The van der Waals surface area contributed by atoms with Crippen molar-refractivity contribution in [3.8, 4) is 0 Å². The molecule has 0 saturated carbocycles. The average molecular weight is 1110 g/mol. The highest BCUT2D eigenvalue weighted by atomic mass is 14.5. The third-order valence-electron chi connectivity index (χ3n) is 22.6. The van der Waals surface area contributed by atoms with Crippen LogP contribution in [-0.2, 0) is 5.41 Å². The highest BCUT2D eigenvalue weighted by Crippen LogP contribution is 2.62. The lowest BCUT2D eigenvalue weighted by Crippen LogP contribution is -2.36. The van der Waals surface area contributed by atoms with Gasteiger partial charge in [0.05, 0.1) is 0 Å². The van der Waals surface area contributed by atoms with Crippen molar-refractivity contribution in [2.24, 2.45) is 45.8 Å². The molecule has 2 aromatic rings. The molecule has 7 unspecified atom stereocenters. The minimum atomic E-state index is 0.0909. The van der Waals surface area contributed by atoms with E-state index < -0.39 is 0 Å². The minimum absolute atomic E-state index is 0.0909. The molecule has 0 heteroatoms. The fourth-order valence-electron chi connectivity index (χ4n) is 17.7. The summed E-state index contributed by atoms with van der Waals surface area (Å²) in [6.45, 7) is 29.4. The van der Waals surface area contributed by atoms with Gasteiger partial charge in [-0.2, -0.15) is 0 Å². The molecule has 0 amide bonds. The van der Waals surface area contributed by atoms with Crippen molar-refractivity contribution in [3.63, 3.8) is 0 Å². The molecule has 0 bridgehead atoms. The van der Waals surface area contributed by atoms with Gasteiger partial charge in [-0.1, -0.05) is 239 Å². The summed E-state index contributed by atoms with van der Waals surface area (Å²) >= 11 is 0. The Kier molecular flexibility index (Phi) is 13.9. The molecule has 0 spiro atoms. The Morgan fingerprint density at radius 2 is 1.14 bits per heavy atom. The maximum atomic E-state index is 2.84. The van der Waals surface area contributed by atoms with E-state index in [-0.39, 0.29) is 27.6 Å². The Balaban J connectivity index is 0.943. The number of hydrogen-bond acceptors (Lipinski definition) is 0. The molecule has 0 N–H and O–H groups in total. The number of fused-ring (bicyclic) bond motifs is 8. The smallest absolute Gasteiger partial charge is 0.0138 e.